The lowest BCUT2D eigenvalue weighted by molar-refractivity contribution is -0.116. The van der Waals surface area contributed by atoms with E-state index < -0.39 is 0 Å². The van der Waals surface area contributed by atoms with E-state index in [9.17, 15) is 4.79 Å². The van der Waals surface area contributed by atoms with Crippen LogP contribution >= 0.6 is 0 Å². The number of benzene rings is 3. The molecular weight excluding hydrogens is 320 g/mol. The summed E-state index contributed by atoms with van der Waals surface area (Å²) in [5.41, 5.74) is 4.38. The molecule has 1 aliphatic carbocycles. The van der Waals surface area contributed by atoms with Crippen LogP contribution in [0.4, 0.5) is 0 Å². The predicted octanol–water partition coefficient (Wildman–Crippen LogP) is 5.68. The molecule has 0 spiro atoms. The van der Waals surface area contributed by atoms with Crippen molar-refractivity contribution in [2.24, 2.45) is 0 Å². The highest BCUT2D eigenvalue weighted by Gasteiger charge is 2.37. The van der Waals surface area contributed by atoms with Crippen LogP contribution in [0.25, 0.3) is 10.8 Å². The molecule has 0 N–H and O–H groups in total. The fraction of sp³-hybridized carbons (Fsp3) is 0.208. The number of hydrogen-bond donors (Lipinski definition) is 0. The zero-order chi connectivity index (χ0) is 17.7. The van der Waals surface area contributed by atoms with Gasteiger partial charge in [-0.05, 0) is 35.7 Å². The summed E-state index contributed by atoms with van der Waals surface area (Å²) in [4.78, 5) is 12.9. The largest absolute Gasteiger partial charge is 0.461 e. The number of ether oxygens (including phenoxy) is 1. The number of ketones is 1. The third-order valence-electron chi connectivity index (χ3n) is 5.56. The van der Waals surface area contributed by atoms with Crippen molar-refractivity contribution in [1.82, 2.24) is 0 Å². The van der Waals surface area contributed by atoms with E-state index >= 15 is 0 Å². The van der Waals surface area contributed by atoms with Crippen LogP contribution in [-0.2, 0) is 4.79 Å². The first-order valence-corrected chi connectivity index (χ1v) is 9.24. The van der Waals surface area contributed by atoms with Gasteiger partial charge in [-0.15, -0.1) is 0 Å². The average molecular weight is 340 g/mol. The Morgan fingerprint density at radius 1 is 0.923 bits per heavy atom. The summed E-state index contributed by atoms with van der Waals surface area (Å²) in [6.45, 7) is 2.09. The van der Waals surface area contributed by atoms with E-state index in [0.717, 1.165) is 35.5 Å². The smallest absolute Gasteiger partial charge is 0.163 e. The van der Waals surface area contributed by atoms with Crippen molar-refractivity contribution in [2.75, 3.05) is 0 Å². The maximum atomic E-state index is 12.9. The maximum Gasteiger partial charge on any atom is 0.163 e. The maximum absolute atomic E-state index is 12.9. The first kappa shape index (κ1) is 15.4. The van der Waals surface area contributed by atoms with E-state index in [1.165, 1.54) is 21.9 Å². The molecule has 1 atom stereocenters. The van der Waals surface area contributed by atoms with Crippen molar-refractivity contribution >= 4 is 16.6 Å². The van der Waals surface area contributed by atoms with Gasteiger partial charge in [-0.2, -0.15) is 0 Å². The summed E-state index contributed by atoms with van der Waals surface area (Å²) in [7, 11) is 0. The molecule has 0 bridgehead atoms. The predicted molar refractivity (Wildman–Crippen MR) is 103 cm³/mol. The molecule has 0 aromatic heterocycles. The van der Waals surface area contributed by atoms with Crippen LogP contribution in [0.5, 0.6) is 5.75 Å². The van der Waals surface area contributed by atoms with E-state index in [1.807, 2.05) is 0 Å². The van der Waals surface area contributed by atoms with E-state index in [4.69, 9.17) is 4.74 Å². The monoisotopic (exact) mass is 340 g/mol. The minimum Gasteiger partial charge on any atom is -0.461 e. The SMILES string of the molecule is Cc1ccc(C2C3=C(CCCC3=O)Oc3ccc4ccccc4c32)cc1. The number of Topliss-reactive ketones (excluding diaryl/α,β-unsaturated/α-hetero) is 1. The molecule has 2 heteroatoms. The first-order chi connectivity index (χ1) is 12.7. The third-order valence-corrected chi connectivity index (χ3v) is 5.56. The number of allylic oxidation sites excluding steroid dienone is 2. The molecule has 0 saturated carbocycles. The van der Waals surface area contributed by atoms with Crippen LogP contribution in [0, 0.1) is 6.92 Å². The molecule has 0 radical (unpaired) electrons. The summed E-state index contributed by atoms with van der Waals surface area (Å²) in [6.07, 6.45) is 2.33. The van der Waals surface area contributed by atoms with Crippen molar-refractivity contribution in [3.8, 4) is 5.75 Å². The molecule has 0 amide bonds. The van der Waals surface area contributed by atoms with E-state index in [-0.39, 0.29) is 11.7 Å². The number of hydrogen-bond acceptors (Lipinski definition) is 2. The Kier molecular flexibility index (Phi) is 3.46. The Morgan fingerprint density at radius 2 is 1.73 bits per heavy atom. The van der Waals surface area contributed by atoms with Crippen LogP contribution in [0.2, 0.25) is 0 Å². The molecule has 128 valence electrons. The quantitative estimate of drug-likeness (QED) is 0.570. The number of carbonyl (C=O) groups is 1. The molecule has 2 nitrogen and oxygen atoms in total. The van der Waals surface area contributed by atoms with Crippen molar-refractivity contribution < 1.29 is 9.53 Å². The first-order valence-electron chi connectivity index (χ1n) is 9.24. The highest BCUT2D eigenvalue weighted by atomic mass is 16.5. The highest BCUT2D eigenvalue weighted by molar-refractivity contribution is 6.01. The molecule has 1 aliphatic heterocycles. The van der Waals surface area contributed by atoms with Crippen LogP contribution < -0.4 is 4.74 Å². The van der Waals surface area contributed by atoms with Crippen LogP contribution in [0.3, 0.4) is 0 Å². The zero-order valence-corrected chi connectivity index (χ0v) is 14.8. The summed E-state index contributed by atoms with van der Waals surface area (Å²) in [6, 6.07) is 21.1. The second-order valence-corrected chi connectivity index (χ2v) is 7.26. The van der Waals surface area contributed by atoms with Crippen molar-refractivity contribution in [3.63, 3.8) is 0 Å². The lowest BCUT2D eigenvalue weighted by Crippen LogP contribution is -2.25. The van der Waals surface area contributed by atoms with E-state index in [0.29, 0.717) is 6.42 Å². The summed E-state index contributed by atoms with van der Waals surface area (Å²) in [5.74, 6) is 1.95. The minimum absolute atomic E-state index is 0.0479. The Bertz CT molecular complexity index is 1060. The number of carbonyl (C=O) groups excluding carboxylic acids is 1. The fourth-order valence-electron chi connectivity index (χ4n) is 4.29. The van der Waals surface area contributed by atoms with Gasteiger partial charge in [0, 0.05) is 29.9 Å². The Labute approximate surface area is 153 Å². The fourth-order valence-corrected chi connectivity index (χ4v) is 4.29. The summed E-state index contributed by atoms with van der Waals surface area (Å²) < 4.78 is 6.25. The van der Waals surface area contributed by atoms with Crippen molar-refractivity contribution in [2.45, 2.75) is 32.1 Å². The molecule has 2 aliphatic rings. The zero-order valence-electron chi connectivity index (χ0n) is 14.8. The summed E-state index contributed by atoms with van der Waals surface area (Å²) >= 11 is 0. The lowest BCUT2D eigenvalue weighted by Gasteiger charge is -2.33. The van der Waals surface area contributed by atoms with Crippen LogP contribution in [-0.4, -0.2) is 5.78 Å². The van der Waals surface area contributed by atoms with Crippen LogP contribution in [0.15, 0.2) is 72.0 Å². The Balaban J connectivity index is 1.83. The van der Waals surface area contributed by atoms with Crippen molar-refractivity contribution in [1.29, 1.82) is 0 Å². The van der Waals surface area contributed by atoms with Crippen molar-refractivity contribution in [3.05, 3.63) is 88.7 Å². The standard InChI is InChI=1S/C24H20O2/c1-15-9-11-17(12-10-15)22-23-18-6-3-2-5-16(18)13-14-21(23)26-20-8-4-7-19(25)24(20)22/h2-3,5-6,9-14,22H,4,7-8H2,1H3. The van der Waals surface area contributed by atoms with Gasteiger partial charge in [0.25, 0.3) is 0 Å². The molecule has 3 aromatic carbocycles. The number of fused-ring (bicyclic) bond motifs is 3. The van der Waals surface area contributed by atoms with Gasteiger partial charge >= 0.3 is 0 Å². The molecule has 5 rings (SSSR count). The molecule has 1 unspecified atom stereocenters. The topological polar surface area (TPSA) is 26.3 Å². The van der Waals surface area contributed by atoms with Gasteiger partial charge in [0.05, 0.1) is 0 Å². The van der Waals surface area contributed by atoms with Gasteiger partial charge in [0.15, 0.2) is 5.78 Å². The lowest BCUT2D eigenvalue weighted by atomic mass is 9.75. The average Bonchev–Trinajstić information content (AvgIpc) is 2.67. The molecular formula is C24H20O2. The van der Waals surface area contributed by atoms with Crippen LogP contribution in [0.1, 0.15) is 41.9 Å². The van der Waals surface area contributed by atoms with Gasteiger partial charge in [0.2, 0.25) is 0 Å². The second-order valence-electron chi connectivity index (χ2n) is 7.26. The van der Waals surface area contributed by atoms with Gasteiger partial charge in [-0.3, -0.25) is 4.79 Å². The molecule has 3 aromatic rings. The Hall–Kier alpha value is -2.87. The molecule has 0 fully saturated rings. The van der Waals surface area contributed by atoms with E-state index in [2.05, 4.69) is 67.6 Å². The van der Waals surface area contributed by atoms with Gasteiger partial charge in [-0.25, -0.2) is 0 Å². The van der Waals surface area contributed by atoms with Gasteiger partial charge in [0.1, 0.15) is 11.5 Å². The number of aryl methyl sites for hydroxylation is 1. The van der Waals surface area contributed by atoms with E-state index in [1.54, 1.807) is 0 Å². The highest BCUT2D eigenvalue weighted by Crippen LogP contribution is 2.49. The molecule has 1 heterocycles. The minimum atomic E-state index is -0.0479. The van der Waals surface area contributed by atoms with Gasteiger partial charge in [-0.1, -0.05) is 60.2 Å². The summed E-state index contributed by atoms with van der Waals surface area (Å²) in [5, 5.41) is 2.35. The normalized spacial score (nSPS) is 19.1. The number of rotatable bonds is 1. The molecule has 26 heavy (non-hydrogen) atoms. The third kappa shape index (κ3) is 2.29. The molecule has 0 saturated heterocycles. The Morgan fingerprint density at radius 3 is 2.58 bits per heavy atom. The van der Waals surface area contributed by atoms with Gasteiger partial charge < -0.3 is 4.74 Å². The second kappa shape index (κ2) is 5.84.